The largest absolute Gasteiger partial charge is 0.491 e. The molecule has 7 nitrogen and oxygen atoms in total. The molecule has 0 saturated carbocycles. The number of carbonyl (C=O) groups is 1. The van der Waals surface area contributed by atoms with Crippen LogP contribution in [-0.2, 0) is 9.84 Å². The van der Waals surface area contributed by atoms with Gasteiger partial charge in [-0.1, -0.05) is 0 Å². The number of aromatic amines is 1. The molecule has 1 aliphatic heterocycles. The average molecular weight is 300 g/mol. The number of ether oxygens (including phenoxy) is 1. The fourth-order valence-electron chi connectivity index (χ4n) is 2.11. The van der Waals surface area contributed by atoms with Gasteiger partial charge in [0.25, 0.3) is 5.91 Å². The number of hydrogen-bond acceptors (Lipinski definition) is 5. The summed E-state index contributed by atoms with van der Waals surface area (Å²) in [4.78, 5) is 26.0. The number of aromatic nitrogens is 1. The molecule has 2 heterocycles. The quantitative estimate of drug-likeness (QED) is 0.783. The van der Waals surface area contributed by atoms with Crippen molar-refractivity contribution in [2.45, 2.75) is 6.42 Å². The first-order valence-electron chi connectivity index (χ1n) is 6.16. The lowest BCUT2D eigenvalue weighted by Gasteiger charge is -2.09. The number of sulfone groups is 1. The molecule has 1 aliphatic rings. The minimum atomic E-state index is -2.95. The van der Waals surface area contributed by atoms with Crippen molar-refractivity contribution in [2.24, 2.45) is 5.92 Å². The second-order valence-electron chi connectivity index (χ2n) is 4.76. The molecule has 1 saturated heterocycles. The van der Waals surface area contributed by atoms with Gasteiger partial charge in [0, 0.05) is 18.8 Å². The molecule has 110 valence electrons. The van der Waals surface area contributed by atoms with E-state index < -0.39 is 15.7 Å². The topological polar surface area (TPSA) is 105 Å². The monoisotopic (exact) mass is 300 g/mol. The van der Waals surface area contributed by atoms with Crippen molar-refractivity contribution in [2.75, 3.05) is 25.2 Å². The fourth-order valence-corrected chi connectivity index (χ4v) is 3.98. The third-order valence-corrected chi connectivity index (χ3v) is 5.06. The predicted molar refractivity (Wildman–Crippen MR) is 72.7 cm³/mol. The lowest BCUT2D eigenvalue weighted by Crippen LogP contribution is -2.31. The van der Waals surface area contributed by atoms with Crippen LogP contribution in [0.15, 0.2) is 17.1 Å². The summed E-state index contributed by atoms with van der Waals surface area (Å²) in [7, 11) is -1.58. The van der Waals surface area contributed by atoms with Gasteiger partial charge in [-0.15, -0.1) is 0 Å². The number of H-pyrrole nitrogens is 1. The molecule has 1 fully saturated rings. The third kappa shape index (κ3) is 3.38. The molecule has 1 unspecified atom stereocenters. The Kier molecular flexibility index (Phi) is 4.12. The van der Waals surface area contributed by atoms with Crippen LogP contribution in [0.3, 0.4) is 0 Å². The Balaban J connectivity index is 1.96. The fraction of sp³-hybridized carbons (Fsp3) is 0.500. The number of carbonyl (C=O) groups excluding carboxylic acids is 1. The summed E-state index contributed by atoms with van der Waals surface area (Å²) < 4.78 is 27.4. The summed E-state index contributed by atoms with van der Waals surface area (Å²) >= 11 is 0. The van der Waals surface area contributed by atoms with Crippen molar-refractivity contribution < 1.29 is 17.9 Å². The maximum Gasteiger partial charge on any atom is 0.267 e. The Morgan fingerprint density at radius 3 is 2.85 bits per heavy atom. The van der Waals surface area contributed by atoms with Gasteiger partial charge in [-0.25, -0.2) is 8.42 Å². The second kappa shape index (κ2) is 5.66. The van der Waals surface area contributed by atoms with Crippen LogP contribution in [0.1, 0.15) is 16.9 Å². The second-order valence-corrected chi connectivity index (χ2v) is 6.99. The third-order valence-electron chi connectivity index (χ3n) is 3.22. The van der Waals surface area contributed by atoms with Crippen LogP contribution in [0.2, 0.25) is 0 Å². The molecule has 8 heteroatoms. The van der Waals surface area contributed by atoms with E-state index in [4.69, 9.17) is 4.74 Å². The van der Waals surface area contributed by atoms with Crippen LogP contribution in [0.25, 0.3) is 0 Å². The smallest absolute Gasteiger partial charge is 0.267 e. The molecular weight excluding hydrogens is 284 g/mol. The number of rotatable bonds is 4. The highest BCUT2D eigenvalue weighted by molar-refractivity contribution is 7.91. The maximum atomic E-state index is 11.8. The molecule has 0 radical (unpaired) electrons. The van der Waals surface area contributed by atoms with Gasteiger partial charge < -0.3 is 15.0 Å². The zero-order valence-corrected chi connectivity index (χ0v) is 11.8. The van der Waals surface area contributed by atoms with E-state index in [1.807, 2.05) is 0 Å². The highest BCUT2D eigenvalue weighted by Crippen LogP contribution is 2.17. The molecule has 1 amide bonds. The summed E-state index contributed by atoms with van der Waals surface area (Å²) in [5.74, 6) is -0.0920. The lowest BCUT2D eigenvalue weighted by molar-refractivity contribution is 0.0943. The highest BCUT2D eigenvalue weighted by Gasteiger charge is 2.28. The molecule has 1 aromatic heterocycles. The van der Waals surface area contributed by atoms with Crippen LogP contribution in [-0.4, -0.2) is 44.5 Å². The van der Waals surface area contributed by atoms with Crippen molar-refractivity contribution in [1.82, 2.24) is 10.3 Å². The first kappa shape index (κ1) is 14.6. The molecule has 0 spiro atoms. The van der Waals surface area contributed by atoms with Crippen LogP contribution < -0.4 is 15.5 Å². The van der Waals surface area contributed by atoms with E-state index in [9.17, 15) is 18.0 Å². The van der Waals surface area contributed by atoms with E-state index in [-0.39, 0.29) is 40.8 Å². The Morgan fingerprint density at radius 1 is 1.55 bits per heavy atom. The van der Waals surface area contributed by atoms with E-state index in [2.05, 4.69) is 10.3 Å². The summed E-state index contributed by atoms with van der Waals surface area (Å²) in [5, 5.41) is 2.63. The van der Waals surface area contributed by atoms with Gasteiger partial charge in [-0.3, -0.25) is 9.59 Å². The van der Waals surface area contributed by atoms with E-state index in [0.29, 0.717) is 6.42 Å². The van der Waals surface area contributed by atoms with Crippen molar-refractivity contribution in [3.8, 4) is 5.75 Å². The summed E-state index contributed by atoms with van der Waals surface area (Å²) in [5.41, 5.74) is -0.267. The summed E-state index contributed by atoms with van der Waals surface area (Å²) in [6.07, 6.45) is 1.87. The van der Waals surface area contributed by atoms with Gasteiger partial charge in [-0.05, 0) is 12.3 Å². The zero-order chi connectivity index (χ0) is 14.8. The Labute approximate surface area is 116 Å². The Bertz CT molecular complexity index is 665. The van der Waals surface area contributed by atoms with E-state index in [1.54, 1.807) is 0 Å². The standard InChI is InChI=1S/C12H16N2O5S/c1-19-11-6-13-9(4-10(11)15)12(16)14-5-8-2-3-20(17,18)7-8/h4,6,8H,2-3,5,7H2,1H3,(H,13,15)(H,14,16). The summed E-state index contributed by atoms with van der Waals surface area (Å²) in [6.45, 7) is 0.284. The first-order chi connectivity index (χ1) is 9.41. The number of nitrogens with one attached hydrogen (secondary N) is 2. The first-order valence-corrected chi connectivity index (χ1v) is 7.99. The molecule has 2 N–H and O–H groups in total. The highest BCUT2D eigenvalue weighted by atomic mass is 32.2. The minimum absolute atomic E-state index is 0.0612. The maximum absolute atomic E-state index is 11.8. The molecule has 0 bridgehead atoms. The van der Waals surface area contributed by atoms with Crippen molar-refractivity contribution in [3.05, 3.63) is 28.2 Å². The van der Waals surface area contributed by atoms with E-state index in [1.165, 1.54) is 13.3 Å². The predicted octanol–water partition coefficient (Wildman–Crippen LogP) is -0.452. The number of hydrogen-bond donors (Lipinski definition) is 2. The van der Waals surface area contributed by atoms with Crippen molar-refractivity contribution in [3.63, 3.8) is 0 Å². The van der Waals surface area contributed by atoms with Gasteiger partial charge in [-0.2, -0.15) is 0 Å². The van der Waals surface area contributed by atoms with Crippen LogP contribution >= 0.6 is 0 Å². The SMILES string of the molecule is COc1c[nH]c(C(=O)NCC2CCS(=O)(=O)C2)cc1=O. The van der Waals surface area contributed by atoms with Gasteiger partial charge in [0.05, 0.1) is 18.6 Å². The average Bonchev–Trinajstić information content (AvgIpc) is 2.75. The number of pyridine rings is 1. The van der Waals surface area contributed by atoms with E-state index >= 15 is 0 Å². The molecule has 1 aromatic rings. The molecule has 2 rings (SSSR count). The van der Waals surface area contributed by atoms with Gasteiger partial charge in [0.1, 0.15) is 5.69 Å². The molecule has 0 aliphatic carbocycles. The lowest BCUT2D eigenvalue weighted by atomic mass is 10.1. The van der Waals surface area contributed by atoms with Gasteiger partial charge >= 0.3 is 0 Å². The molecular formula is C12H16N2O5S. The van der Waals surface area contributed by atoms with Crippen molar-refractivity contribution in [1.29, 1.82) is 0 Å². The number of methoxy groups -OCH3 is 1. The summed E-state index contributed by atoms with van der Waals surface area (Å²) in [6, 6.07) is 1.15. The number of amides is 1. The Hall–Kier alpha value is -1.83. The van der Waals surface area contributed by atoms with Gasteiger partial charge in [0.2, 0.25) is 5.43 Å². The molecule has 1 atom stereocenters. The van der Waals surface area contributed by atoms with Gasteiger partial charge in [0.15, 0.2) is 15.6 Å². The van der Waals surface area contributed by atoms with Crippen LogP contribution in [0.4, 0.5) is 0 Å². The normalized spacial score (nSPS) is 20.6. The van der Waals surface area contributed by atoms with Crippen LogP contribution in [0.5, 0.6) is 5.75 Å². The molecule has 20 heavy (non-hydrogen) atoms. The zero-order valence-electron chi connectivity index (χ0n) is 11.0. The Morgan fingerprint density at radius 2 is 2.30 bits per heavy atom. The van der Waals surface area contributed by atoms with E-state index in [0.717, 1.165) is 6.07 Å². The van der Waals surface area contributed by atoms with Crippen molar-refractivity contribution >= 4 is 15.7 Å². The molecule has 0 aromatic carbocycles. The van der Waals surface area contributed by atoms with Crippen LogP contribution in [0, 0.1) is 5.92 Å². The minimum Gasteiger partial charge on any atom is -0.491 e.